The van der Waals surface area contributed by atoms with Crippen molar-refractivity contribution >= 4 is 0 Å². The molecule has 2 rings (SSSR count). The van der Waals surface area contributed by atoms with Crippen LogP contribution in [0.1, 0.15) is 63.1 Å². The summed E-state index contributed by atoms with van der Waals surface area (Å²) in [4.78, 5) is 4.59. The Morgan fingerprint density at radius 2 is 2.15 bits per heavy atom. The largest absolute Gasteiger partial charge is 0.383 e. The Hall–Kier alpha value is -0.940. The third kappa shape index (κ3) is 4.56. The SMILES string of the molecule is CCCNC(COC)Cc1nc(C2CCCCC2)no1. The lowest BCUT2D eigenvalue weighted by Crippen LogP contribution is -2.35. The van der Waals surface area contributed by atoms with E-state index in [9.17, 15) is 0 Å². The topological polar surface area (TPSA) is 60.2 Å². The van der Waals surface area contributed by atoms with Crippen LogP contribution in [0.4, 0.5) is 0 Å². The van der Waals surface area contributed by atoms with Gasteiger partial charge in [-0.15, -0.1) is 0 Å². The summed E-state index contributed by atoms with van der Waals surface area (Å²) in [6.45, 7) is 3.81. The number of hydrogen-bond acceptors (Lipinski definition) is 5. The average Bonchev–Trinajstić information content (AvgIpc) is 2.94. The van der Waals surface area contributed by atoms with Gasteiger partial charge in [-0.1, -0.05) is 31.3 Å². The van der Waals surface area contributed by atoms with E-state index in [4.69, 9.17) is 9.26 Å². The molecule has 1 atom stereocenters. The molecule has 0 bridgehead atoms. The van der Waals surface area contributed by atoms with Crippen LogP contribution in [-0.4, -0.2) is 36.4 Å². The molecule has 1 aliphatic carbocycles. The van der Waals surface area contributed by atoms with Crippen LogP contribution in [0.5, 0.6) is 0 Å². The minimum atomic E-state index is 0.250. The predicted molar refractivity (Wildman–Crippen MR) is 77.8 cm³/mol. The van der Waals surface area contributed by atoms with Gasteiger partial charge in [0.15, 0.2) is 5.82 Å². The van der Waals surface area contributed by atoms with Crippen LogP contribution in [0, 0.1) is 0 Å². The number of ether oxygens (including phenoxy) is 1. The van der Waals surface area contributed by atoms with Crippen molar-refractivity contribution in [2.45, 2.75) is 63.8 Å². The molecule has 1 unspecified atom stereocenters. The minimum Gasteiger partial charge on any atom is -0.383 e. The molecular weight excluding hydrogens is 254 g/mol. The molecule has 0 saturated heterocycles. The Labute approximate surface area is 121 Å². The van der Waals surface area contributed by atoms with Gasteiger partial charge in [-0.2, -0.15) is 4.98 Å². The molecule has 1 fully saturated rings. The van der Waals surface area contributed by atoms with E-state index >= 15 is 0 Å². The molecule has 1 N–H and O–H groups in total. The highest BCUT2D eigenvalue weighted by atomic mass is 16.5. The fraction of sp³-hybridized carbons (Fsp3) is 0.867. The van der Waals surface area contributed by atoms with Crippen molar-refractivity contribution in [3.63, 3.8) is 0 Å². The Bertz CT molecular complexity index is 375. The molecule has 0 aliphatic heterocycles. The molecule has 20 heavy (non-hydrogen) atoms. The van der Waals surface area contributed by atoms with E-state index in [0.717, 1.165) is 31.1 Å². The first-order valence-electron chi connectivity index (χ1n) is 7.88. The molecule has 0 radical (unpaired) electrons. The summed E-state index contributed by atoms with van der Waals surface area (Å²) in [5, 5.41) is 7.63. The number of nitrogens with zero attached hydrogens (tertiary/aromatic N) is 2. The Morgan fingerprint density at radius 1 is 1.35 bits per heavy atom. The van der Waals surface area contributed by atoms with Crippen molar-refractivity contribution in [1.29, 1.82) is 0 Å². The van der Waals surface area contributed by atoms with Gasteiger partial charge in [-0.25, -0.2) is 0 Å². The van der Waals surface area contributed by atoms with Gasteiger partial charge in [0.05, 0.1) is 6.61 Å². The predicted octanol–water partition coefficient (Wildman–Crippen LogP) is 2.67. The van der Waals surface area contributed by atoms with Crippen LogP contribution in [0.2, 0.25) is 0 Å². The van der Waals surface area contributed by atoms with Crippen molar-refractivity contribution in [3.05, 3.63) is 11.7 Å². The van der Waals surface area contributed by atoms with E-state index in [2.05, 4.69) is 22.4 Å². The Balaban J connectivity index is 1.89. The normalized spacial score (nSPS) is 18.3. The van der Waals surface area contributed by atoms with Gasteiger partial charge in [0.2, 0.25) is 5.89 Å². The quantitative estimate of drug-likeness (QED) is 0.794. The fourth-order valence-electron chi connectivity index (χ4n) is 2.83. The summed E-state index contributed by atoms with van der Waals surface area (Å²) in [7, 11) is 1.72. The molecule has 0 amide bonds. The number of rotatable bonds is 8. The number of aromatic nitrogens is 2. The summed E-state index contributed by atoms with van der Waals surface area (Å²) in [5.74, 6) is 2.15. The molecule has 1 aromatic heterocycles. The zero-order valence-corrected chi connectivity index (χ0v) is 12.7. The summed E-state index contributed by atoms with van der Waals surface area (Å²) < 4.78 is 10.7. The average molecular weight is 281 g/mol. The van der Waals surface area contributed by atoms with Crippen molar-refractivity contribution in [3.8, 4) is 0 Å². The summed E-state index contributed by atoms with van der Waals surface area (Å²) in [5.41, 5.74) is 0. The molecule has 0 spiro atoms. The minimum absolute atomic E-state index is 0.250. The maximum absolute atomic E-state index is 5.42. The first-order chi connectivity index (χ1) is 9.83. The van der Waals surface area contributed by atoms with Gasteiger partial charge in [-0.3, -0.25) is 0 Å². The standard InChI is InChI=1S/C15H27N3O2/c1-3-9-16-13(11-19-2)10-14-17-15(18-20-14)12-7-5-4-6-8-12/h12-13,16H,3-11H2,1-2H3. The van der Waals surface area contributed by atoms with Crippen molar-refractivity contribution in [1.82, 2.24) is 15.5 Å². The summed E-state index contributed by atoms with van der Waals surface area (Å²) in [6.07, 6.45) is 8.18. The number of nitrogens with one attached hydrogen (secondary N) is 1. The first kappa shape index (κ1) is 15.4. The molecule has 5 nitrogen and oxygen atoms in total. The molecule has 0 aromatic carbocycles. The second-order valence-electron chi connectivity index (χ2n) is 5.69. The molecule has 1 aliphatic rings. The van der Waals surface area contributed by atoms with E-state index in [0.29, 0.717) is 12.5 Å². The molecule has 5 heteroatoms. The lowest BCUT2D eigenvalue weighted by molar-refractivity contribution is 0.161. The molecule has 1 heterocycles. The highest BCUT2D eigenvalue weighted by molar-refractivity contribution is 4.98. The van der Waals surface area contributed by atoms with Gasteiger partial charge in [0, 0.05) is 25.5 Å². The number of hydrogen-bond donors (Lipinski definition) is 1. The maximum atomic E-state index is 5.42. The van der Waals surface area contributed by atoms with Crippen LogP contribution in [0.3, 0.4) is 0 Å². The van der Waals surface area contributed by atoms with Gasteiger partial charge in [-0.05, 0) is 25.8 Å². The van der Waals surface area contributed by atoms with E-state index in [-0.39, 0.29) is 6.04 Å². The third-order valence-electron chi connectivity index (χ3n) is 3.93. The summed E-state index contributed by atoms with van der Waals surface area (Å²) >= 11 is 0. The molecule has 114 valence electrons. The maximum Gasteiger partial charge on any atom is 0.228 e. The lowest BCUT2D eigenvalue weighted by atomic mass is 9.89. The second-order valence-corrected chi connectivity index (χ2v) is 5.69. The van der Waals surface area contributed by atoms with Crippen LogP contribution in [-0.2, 0) is 11.2 Å². The Morgan fingerprint density at radius 3 is 2.85 bits per heavy atom. The third-order valence-corrected chi connectivity index (χ3v) is 3.93. The lowest BCUT2D eigenvalue weighted by Gasteiger charge is -2.17. The van der Waals surface area contributed by atoms with Crippen LogP contribution < -0.4 is 5.32 Å². The first-order valence-corrected chi connectivity index (χ1v) is 7.88. The van der Waals surface area contributed by atoms with Crippen LogP contribution >= 0.6 is 0 Å². The highest BCUT2D eigenvalue weighted by Crippen LogP contribution is 2.30. The van der Waals surface area contributed by atoms with E-state index in [1.807, 2.05) is 0 Å². The highest BCUT2D eigenvalue weighted by Gasteiger charge is 2.22. The summed E-state index contributed by atoms with van der Waals surface area (Å²) in [6, 6.07) is 0.250. The Kier molecular flexibility index (Phi) is 6.47. The van der Waals surface area contributed by atoms with Gasteiger partial charge in [0.1, 0.15) is 0 Å². The van der Waals surface area contributed by atoms with E-state index < -0.39 is 0 Å². The van der Waals surface area contributed by atoms with E-state index in [1.165, 1.54) is 32.1 Å². The fourth-order valence-corrected chi connectivity index (χ4v) is 2.83. The molecule has 1 aromatic rings. The molecular formula is C15H27N3O2. The van der Waals surface area contributed by atoms with E-state index in [1.54, 1.807) is 7.11 Å². The van der Waals surface area contributed by atoms with Crippen LogP contribution in [0.15, 0.2) is 4.52 Å². The smallest absolute Gasteiger partial charge is 0.228 e. The zero-order chi connectivity index (χ0) is 14.2. The second kappa shape index (κ2) is 8.37. The molecule has 1 saturated carbocycles. The van der Waals surface area contributed by atoms with Crippen molar-refractivity contribution < 1.29 is 9.26 Å². The van der Waals surface area contributed by atoms with Crippen molar-refractivity contribution in [2.24, 2.45) is 0 Å². The van der Waals surface area contributed by atoms with Crippen LogP contribution in [0.25, 0.3) is 0 Å². The van der Waals surface area contributed by atoms with Crippen molar-refractivity contribution in [2.75, 3.05) is 20.3 Å². The van der Waals surface area contributed by atoms with Gasteiger partial charge < -0.3 is 14.6 Å². The van der Waals surface area contributed by atoms with Gasteiger partial charge in [0.25, 0.3) is 0 Å². The van der Waals surface area contributed by atoms with Gasteiger partial charge >= 0.3 is 0 Å². The monoisotopic (exact) mass is 281 g/mol. The number of methoxy groups -OCH3 is 1. The zero-order valence-electron chi connectivity index (χ0n) is 12.7.